The lowest BCUT2D eigenvalue weighted by Gasteiger charge is -2.10. The molecule has 0 radical (unpaired) electrons. The summed E-state index contributed by atoms with van der Waals surface area (Å²) in [6.45, 7) is 4.39. The largest absolute Gasteiger partial charge is 0.508 e. The maximum absolute atomic E-state index is 9.82. The molecule has 0 saturated carbocycles. The molecule has 4 N–H and O–H groups in total. The molecule has 1 aromatic rings. The molecule has 0 unspecified atom stereocenters. The van der Waals surface area contributed by atoms with Gasteiger partial charge < -0.3 is 11.3 Å². The lowest BCUT2D eigenvalue weighted by Crippen LogP contribution is -1.95. The molecular formula is C14H25NO. The van der Waals surface area contributed by atoms with Gasteiger partial charge in [0.1, 0.15) is 5.75 Å². The van der Waals surface area contributed by atoms with Crippen molar-refractivity contribution in [1.82, 2.24) is 6.15 Å². The van der Waals surface area contributed by atoms with Gasteiger partial charge in [-0.25, -0.2) is 0 Å². The number of hydrogen-bond donors (Lipinski definition) is 2. The van der Waals surface area contributed by atoms with Gasteiger partial charge in [-0.15, -0.1) is 0 Å². The molecule has 0 spiro atoms. The van der Waals surface area contributed by atoms with Crippen LogP contribution in [0.3, 0.4) is 0 Å². The second kappa shape index (κ2) is 8.17. The van der Waals surface area contributed by atoms with Crippen molar-refractivity contribution in [3.63, 3.8) is 0 Å². The minimum absolute atomic E-state index is 0. The molecule has 2 heteroatoms. The summed E-state index contributed by atoms with van der Waals surface area (Å²) in [6, 6.07) is 5.91. The van der Waals surface area contributed by atoms with E-state index in [1.807, 2.05) is 6.07 Å². The van der Waals surface area contributed by atoms with E-state index in [1.54, 1.807) is 6.07 Å². The summed E-state index contributed by atoms with van der Waals surface area (Å²) < 4.78 is 0. The van der Waals surface area contributed by atoms with E-state index in [-0.39, 0.29) is 6.15 Å². The molecule has 0 atom stereocenters. The molecule has 0 saturated heterocycles. The first-order chi connectivity index (χ1) is 7.29. The quantitative estimate of drug-likeness (QED) is 0.758. The molecule has 1 aromatic carbocycles. The van der Waals surface area contributed by atoms with Crippen molar-refractivity contribution in [3.8, 4) is 5.75 Å². The number of phenolic OH excluding ortho intramolecular Hbond substituents is 1. The van der Waals surface area contributed by atoms with Gasteiger partial charge in [0.05, 0.1) is 0 Å². The number of aromatic hydroxyl groups is 1. The number of unbranched alkanes of at least 4 members (excludes halogenated alkanes) is 2. The fraction of sp³-hybridized carbons (Fsp3) is 0.571. The highest BCUT2D eigenvalue weighted by atomic mass is 16.3. The lowest BCUT2D eigenvalue weighted by molar-refractivity contribution is 0.465. The summed E-state index contributed by atoms with van der Waals surface area (Å²) in [5.41, 5.74) is 2.51. The Labute approximate surface area is 99.3 Å². The number of hydrogen-bond acceptors (Lipinski definition) is 2. The zero-order chi connectivity index (χ0) is 11.1. The molecule has 0 bridgehead atoms. The second-order valence-corrected chi connectivity index (χ2v) is 4.12. The fourth-order valence-corrected chi connectivity index (χ4v) is 1.86. The van der Waals surface area contributed by atoms with Crippen LogP contribution in [-0.2, 0) is 12.8 Å². The molecular weight excluding hydrogens is 198 g/mol. The van der Waals surface area contributed by atoms with Gasteiger partial charge in [-0.05, 0) is 42.9 Å². The van der Waals surface area contributed by atoms with Gasteiger partial charge in [0.2, 0.25) is 0 Å². The van der Waals surface area contributed by atoms with Crippen molar-refractivity contribution in [3.05, 3.63) is 29.3 Å². The number of rotatable bonds is 6. The van der Waals surface area contributed by atoms with Gasteiger partial charge in [0.15, 0.2) is 0 Å². The Morgan fingerprint density at radius 2 is 1.62 bits per heavy atom. The molecule has 0 aliphatic rings. The highest BCUT2D eigenvalue weighted by Crippen LogP contribution is 2.24. The Morgan fingerprint density at radius 3 is 2.25 bits per heavy atom. The van der Waals surface area contributed by atoms with E-state index in [1.165, 1.54) is 30.4 Å². The van der Waals surface area contributed by atoms with E-state index in [0.29, 0.717) is 5.75 Å². The maximum Gasteiger partial charge on any atom is 0.119 e. The average Bonchev–Trinajstić information content (AvgIpc) is 2.25. The summed E-state index contributed by atoms with van der Waals surface area (Å²) in [5, 5.41) is 9.82. The van der Waals surface area contributed by atoms with Crippen molar-refractivity contribution in [2.24, 2.45) is 0 Å². The van der Waals surface area contributed by atoms with Crippen LogP contribution in [0.1, 0.15) is 50.7 Å². The Morgan fingerprint density at radius 1 is 1.00 bits per heavy atom. The van der Waals surface area contributed by atoms with Crippen molar-refractivity contribution in [1.29, 1.82) is 0 Å². The third-order valence-corrected chi connectivity index (χ3v) is 2.83. The number of benzene rings is 1. The monoisotopic (exact) mass is 223 g/mol. The van der Waals surface area contributed by atoms with E-state index in [2.05, 4.69) is 19.9 Å². The van der Waals surface area contributed by atoms with Crippen molar-refractivity contribution >= 4 is 0 Å². The summed E-state index contributed by atoms with van der Waals surface area (Å²) >= 11 is 0. The molecule has 0 aliphatic carbocycles. The molecule has 0 heterocycles. The zero-order valence-corrected chi connectivity index (χ0v) is 10.6. The third kappa shape index (κ3) is 4.23. The van der Waals surface area contributed by atoms with Crippen molar-refractivity contribution < 1.29 is 5.11 Å². The molecule has 0 aliphatic heterocycles. The standard InChI is InChI=1S/C14H22O.H3N/c1-3-5-8-12-9-7-11-14(15)13(12)10-6-4-2;/h7,9,11,15H,3-6,8,10H2,1-2H3;1H3. The van der Waals surface area contributed by atoms with E-state index in [4.69, 9.17) is 0 Å². The van der Waals surface area contributed by atoms with Crippen LogP contribution in [0.2, 0.25) is 0 Å². The van der Waals surface area contributed by atoms with Gasteiger partial charge >= 0.3 is 0 Å². The van der Waals surface area contributed by atoms with Gasteiger partial charge in [-0.2, -0.15) is 0 Å². The van der Waals surface area contributed by atoms with E-state index in [0.717, 1.165) is 19.3 Å². The predicted molar refractivity (Wildman–Crippen MR) is 70.4 cm³/mol. The van der Waals surface area contributed by atoms with Gasteiger partial charge in [0.25, 0.3) is 0 Å². The van der Waals surface area contributed by atoms with Crippen LogP contribution in [-0.4, -0.2) is 5.11 Å². The van der Waals surface area contributed by atoms with Crippen LogP contribution in [0.25, 0.3) is 0 Å². The van der Waals surface area contributed by atoms with Crippen LogP contribution in [0.5, 0.6) is 5.75 Å². The molecule has 2 nitrogen and oxygen atoms in total. The van der Waals surface area contributed by atoms with E-state index >= 15 is 0 Å². The molecule has 92 valence electrons. The molecule has 0 amide bonds. The third-order valence-electron chi connectivity index (χ3n) is 2.83. The lowest BCUT2D eigenvalue weighted by atomic mass is 9.97. The number of phenols is 1. The highest BCUT2D eigenvalue weighted by Gasteiger charge is 2.06. The summed E-state index contributed by atoms with van der Waals surface area (Å²) in [4.78, 5) is 0. The molecule has 16 heavy (non-hydrogen) atoms. The molecule has 1 rings (SSSR count). The molecule has 0 fully saturated rings. The molecule has 0 aromatic heterocycles. The SMILES string of the molecule is CCCCc1cccc(O)c1CCCC.N. The first kappa shape index (κ1) is 15.0. The van der Waals surface area contributed by atoms with Crippen LogP contribution in [0, 0.1) is 0 Å². The second-order valence-electron chi connectivity index (χ2n) is 4.12. The van der Waals surface area contributed by atoms with Crippen LogP contribution in [0.4, 0.5) is 0 Å². The van der Waals surface area contributed by atoms with Gasteiger partial charge in [-0.3, -0.25) is 0 Å². The van der Waals surface area contributed by atoms with Gasteiger partial charge in [0, 0.05) is 0 Å². The fourth-order valence-electron chi connectivity index (χ4n) is 1.86. The minimum atomic E-state index is 0. The van der Waals surface area contributed by atoms with Crippen LogP contribution < -0.4 is 6.15 Å². The Hall–Kier alpha value is -1.02. The minimum Gasteiger partial charge on any atom is -0.508 e. The maximum atomic E-state index is 9.82. The van der Waals surface area contributed by atoms with Crippen LogP contribution >= 0.6 is 0 Å². The zero-order valence-electron chi connectivity index (χ0n) is 10.6. The highest BCUT2D eigenvalue weighted by molar-refractivity contribution is 5.39. The summed E-state index contributed by atoms with van der Waals surface area (Å²) in [6.07, 6.45) is 6.88. The van der Waals surface area contributed by atoms with E-state index in [9.17, 15) is 5.11 Å². The smallest absolute Gasteiger partial charge is 0.119 e. The number of aryl methyl sites for hydroxylation is 1. The Kier molecular flexibility index (Phi) is 7.65. The van der Waals surface area contributed by atoms with Crippen molar-refractivity contribution in [2.45, 2.75) is 52.4 Å². The first-order valence-corrected chi connectivity index (χ1v) is 6.09. The van der Waals surface area contributed by atoms with Crippen LogP contribution in [0.15, 0.2) is 18.2 Å². The first-order valence-electron chi connectivity index (χ1n) is 6.09. The average molecular weight is 223 g/mol. The van der Waals surface area contributed by atoms with Gasteiger partial charge in [-0.1, -0.05) is 38.8 Å². The Balaban J connectivity index is 0.00000225. The van der Waals surface area contributed by atoms with Crippen molar-refractivity contribution in [2.75, 3.05) is 0 Å². The summed E-state index contributed by atoms with van der Waals surface area (Å²) in [5.74, 6) is 0.483. The van der Waals surface area contributed by atoms with E-state index < -0.39 is 0 Å². The topological polar surface area (TPSA) is 55.2 Å². The normalized spacial score (nSPS) is 9.88. The Bertz CT molecular complexity index is 297. The predicted octanol–water partition coefficient (Wildman–Crippen LogP) is 4.24. The summed E-state index contributed by atoms with van der Waals surface area (Å²) in [7, 11) is 0.